The third kappa shape index (κ3) is 5.37. The monoisotopic (exact) mass is 343 g/mol. The molecular weight excluding hydrogens is 318 g/mol. The van der Waals surface area contributed by atoms with Gasteiger partial charge in [0.25, 0.3) is 0 Å². The van der Waals surface area contributed by atoms with E-state index in [9.17, 15) is 4.79 Å². The van der Waals surface area contributed by atoms with Crippen LogP contribution in [0.3, 0.4) is 0 Å². The molecule has 0 bridgehead atoms. The third-order valence-corrected chi connectivity index (χ3v) is 4.26. The largest absolute Gasteiger partial charge is 0.374 e. The van der Waals surface area contributed by atoms with Crippen molar-refractivity contribution in [2.75, 3.05) is 33.3 Å². The first-order chi connectivity index (χ1) is 12.2. The fraction of sp³-hybridized carbons (Fsp3) is 0.500. The van der Waals surface area contributed by atoms with Gasteiger partial charge in [-0.1, -0.05) is 0 Å². The lowest BCUT2D eigenvalue weighted by Gasteiger charge is -2.26. The average molecular weight is 343 g/mol. The van der Waals surface area contributed by atoms with Gasteiger partial charge in [0, 0.05) is 51.0 Å². The molecule has 0 N–H and O–H groups in total. The van der Waals surface area contributed by atoms with Crippen LogP contribution in [-0.4, -0.2) is 69.9 Å². The summed E-state index contributed by atoms with van der Waals surface area (Å²) in [5.41, 5.74) is 1.15. The van der Waals surface area contributed by atoms with Gasteiger partial charge in [0.2, 0.25) is 5.91 Å². The highest BCUT2D eigenvalue weighted by Crippen LogP contribution is 2.09. The molecule has 0 aliphatic carbocycles. The van der Waals surface area contributed by atoms with Crippen LogP contribution < -0.4 is 0 Å². The van der Waals surface area contributed by atoms with Gasteiger partial charge < -0.3 is 9.64 Å². The van der Waals surface area contributed by atoms with E-state index in [-0.39, 0.29) is 12.0 Å². The minimum Gasteiger partial charge on any atom is -0.374 e. The molecule has 1 aliphatic rings. The number of hydrogen-bond donors (Lipinski definition) is 0. The lowest BCUT2D eigenvalue weighted by molar-refractivity contribution is -0.133. The Hall–Kier alpha value is -2.25. The molecule has 0 spiro atoms. The number of carbonyl (C=O) groups is 1. The number of pyridine rings is 1. The summed E-state index contributed by atoms with van der Waals surface area (Å²) in [6.07, 6.45) is 8.08. The molecule has 25 heavy (non-hydrogen) atoms. The number of likely N-dealkylation sites (N-methyl/N-ethyl adjacent to an activating group) is 1. The Morgan fingerprint density at radius 2 is 2.20 bits per heavy atom. The number of aromatic nitrogens is 3. The normalized spacial score (nSPS) is 18.3. The Labute approximate surface area is 148 Å². The second-order valence-corrected chi connectivity index (χ2v) is 6.44. The van der Waals surface area contributed by atoms with E-state index < -0.39 is 0 Å². The topological polar surface area (TPSA) is 63.5 Å². The second-order valence-electron chi connectivity index (χ2n) is 6.44. The molecule has 3 heterocycles. The predicted octanol–water partition coefficient (Wildman–Crippen LogP) is 1.03. The van der Waals surface area contributed by atoms with Gasteiger partial charge in [-0.15, -0.1) is 0 Å². The van der Waals surface area contributed by atoms with Crippen molar-refractivity contribution in [3.63, 3.8) is 0 Å². The summed E-state index contributed by atoms with van der Waals surface area (Å²) in [6, 6.07) is 5.84. The van der Waals surface area contributed by atoms with Gasteiger partial charge >= 0.3 is 0 Å². The highest BCUT2D eigenvalue weighted by atomic mass is 16.5. The standard InChI is InChI=1S/C18H25N5O2/c1-21(12-16-4-7-19-8-5-16)15-18(24)22-9-3-11-25-17(13-22)14-23-10-2-6-20-23/h2,4-8,10,17H,3,9,11-15H2,1H3/t17-/m1/s1. The first-order valence-electron chi connectivity index (χ1n) is 8.65. The molecule has 3 rings (SSSR count). The maximum atomic E-state index is 12.7. The molecule has 1 fully saturated rings. The highest BCUT2D eigenvalue weighted by molar-refractivity contribution is 5.78. The lowest BCUT2D eigenvalue weighted by atomic mass is 10.2. The van der Waals surface area contributed by atoms with Gasteiger partial charge in [-0.3, -0.25) is 19.4 Å². The summed E-state index contributed by atoms with van der Waals surface area (Å²) < 4.78 is 7.74. The van der Waals surface area contributed by atoms with Crippen molar-refractivity contribution in [2.45, 2.75) is 25.6 Å². The van der Waals surface area contributed by atoms with E-state index in [1.54, 1.807) is 18.6 Å². The van der Waals surface area contributed by atoms with Crippen molar-refractivity contribution in [3.05, 3.63) is 48.5 Å². The Balaban J connectivity index is 1.52. The smallest absolute Gasteiger partial charge is 0.236 e. The van der Waals surface area contributed by atoms with Crippen LogP contribution in [-0.2, 0) is 22.6 Å². The second kappa shape index (κ2) is 8.73. The Kier molecular flexibility index (Phi) is 6.14. The van der Waals surface area contributed by atoms with Crippen LogP contribution in [0.5, 0.6) is 0 Å². The van der Waals surface area contributed by atoms with Gasteiger partial charge in [-0.05, 0) is 37.2 Å². The predicted molar refractivity (Wildman–Crippen MR) is 93.7 cm³/mol. The molecule has 0 saturated carbocycles. The zero-order valence-corrected chi connectivity index (χ0v) is 14.6. The summed E-state index contributed by atoms with van der Waals surface area (Å²) in [5.74, 6) is 0.146. The summed E-state index contributed by atoms with van der Waals surface area (Å²) in [5, 5.41) is 4.23. The van der Waals surface area contributed by atoms with E-state index in [0.29, 0.717) is 26.2 Å². The Morgan fingerprint density at radius 1 is 1.36 bits per heavy atom. The first kappa shape index (κ1) is 17.6. The van der Waals surface area contributed by atoms with Crippen LogP contribution in [0.4, 0.5) is 0 Å². The number of hydrogen-bond acceptors (Lipinski definition) is 5. The fourth-order valence-electron chi connectivity index (χ4n) is 3.04. The van der Waals surface area contributed by atoms with Crippen LogP contribution in [0.2, 0.25) is 0 Å². The molecule has 1 atom stereocenters. The molecule has 134 valence electrons. The maximum absolute atomic E-state index is 12.7. The number of rotatable bonds is 6. The molecule has 7 nitrogen and oxygen atoms in total. The maximum Gasteiger partial charge on any atom is 0.236 e. The van der Waals surface area contributed by atoms with Crippen molar-refractivity contribution in [1.82, 2.24) is 24.6 Å². The van der Waals surface area contributed by atoms with Crippen LogP contribution in [0.15, 0.2) is 43.0 Å². The molecule has 1 saturated heterocycles. The average Bonchev–Trinajstić information content (AvgIpc) is 2.99. The van der Waals surface area contributed by atoms with Crippen LogP contribution in [0.25, 0.3) is 0 Å². The molecule has 1 aliphatic heterocycles. The van der Waals surface area contributed by atoms with E-state index in [2.05, 4.69) is 10.1 Å². The molecule has 1 amide bonds. The first-order valence-corrected chi connectivity index (χ1v) is 8.65. The fourth-order valence-corrected chi connectivity index (χ4v) is 3.04. The molecular formula is C18H25N5O2. The number of amides is 1. The Morgan fingerprint density at radius 3 is 2.96 bits per heavy atom. The Bertz CT molecular complexity index is 647. The lowest BCUT2D eigenvalue weighted by Crippen LogP contribution is -2.43. The van der Waals surface area contributed by atoms with E-state index in [1.165, 1.54) is 0 Å². The number of carbonyl (C=O) groups excluding carboxylic acids is 1. The zero-order valence-electron chi connectivity index (χ0n) is 14.6. The van der Waals surface area contributed by atoms with Gasteiger partial charge in [0.1, 0.15) is 0 Å². The molecule has 0 aromatic carbocycles. The summed E-state index contributed by atoms with van der Waals surface area (Å²) >= 11 is 0. The summed E-state index contributed by atoms with van der Waals surface area (Å²) in [4.78, 5) is 20.7. The zero-order chi connectivity index (χ0) is 17.5. The molecule has 0 radical (unpaired) electrons. The number of nitrogens with zero attached hydrogens (tertiary/aromatic N) is 5. The van der Waals surface area contributed by atoms with Crippen LogP contribution >= 0.6 is 0 Å². The highest BCUT2D eigenvalue weighted by Gasteiger charge is 2.23. The third-order valence-electron chi connectivity index (χ3n) is 4.26. The van der Waals surface area contributed by atoms with Gasteiger partial charge in [-0.25, -0.2) is 0 Å². The molecule has 2 aromatic heterocycles. The van der Waals surface area contributed by atoms with Gasteiger partial charge in [-0.2, -0.15) is 5.10 Å². The van der Waals surface area contributed by atoms with Gasteiger partial charge in [0.05, 0.1) is 19.2 Å². The quantitative estimate of drug-likeness (QED) is 0.784. The number of ether oxygens (including phenoxy) is 1. The summed E-state index contributed by atoms with van der Waals surface area (Å²) in [6.45, 7) is 3.84. The van der Waals surface area contributed by atoms with E-state index >= 15 is 0 Å². The van der Waals surface area contributed by atoms with E-state index in [4.69, 9.17) is 4.74 Å². The van der Waals surface area contributed by atoms with Crippen molar-refractivity contribution < 1.29 is 9.53 Å². The SMILES string of the molecule is CN(CC(=O)N1CCCO[C@@H](Cn2cccn2)C1)Cc1ccncc1. The van der Waals surface area contributed by atoms with Crippen molar-refractivity contribution in [1.29, 1.82) is 0 Å². The van der Waals surface area contributed by atoms with E-state index in [1.807, 2.05) is 45.9 Å². The molecule has 7 heteroatoms. The minimum absolute atomic E-state index is 0.0168. The van der Waals surface area contributed by atoms with Crippen LogP contribution in [0.1, 0.15) is 12.0 Å². The van der Waals surface area contributed by atoms with Gasteiger partial charge in [0.15, 0.2) is 0 Å². The van der Waals surface area contributed by atoms with Crippen molar-refractivity contribution in [3.8, 4) is 0 Å². The van der Waals surface area contributed by atoms with Crippen molar-refractivity contribution in [2.24, 2.45) is 0 Å². The molecule has 2 aromatic rings. The van der Waals surface area contributed by atoms with E-state index in [0.717, 1.165) is 25.1 Å². The van der Waals surface area contributed by atoms with Crippen LogP contribution in [0, 0.1) is 0 Å². The summed E-state index contributed by atoms with van der Waals surface area (Å²) in [7, 11) is 1.97. The van der Waals surface area contributed by atoms with Crippen molar-refractivity contribution >= 4 is 5.91 Å². The molecule has 0 unspecified atom stereocenters. The minimum atomic E-state index is -0.0168.